The number of nitrogens with two attached hydrogens (primary N) is 4. The minimum absolute atomic E-state index is 0.00463. The number of aliphatic hydroxyl groups is 2. The molecule has 1 aromatic rings. The van der Waals surface area contributed by atoms with E-state index in [1.807, 2.05) is 13.8 Å². The molecule has 18 N–H and O–H groups in total. The molecule has 0 saturated carbocycles. The van der Waals surface area contributed by atoms with Gasteiger partial charge in [0.15, 0.2) is 0 Å². The fourth-order valence-electron chi connectivity index (χ4n) is 6.00. The molecule has 23 heteroatoms. The van der Waals surface area contributed by atoms with Crippen LogP contribution in [0.25, 0.3) is 0 Å². The third-order valence-electron chi connectivity index (χ3n) is 9.76. The predicted octanol–water partition coefficient (Wildman–Crippen LogP) is -5.47. The summed E-state index contributed by atoms with van der Waals surface area (Å²) in [6, 6.07) is -0.987. The molecule has 1 rings (SSSR count). The largest absolute Gasteiger partial charge is 0.391 e. The third kappa shape index (κ3) is 21.2. The Balaban J connectivity index is 3.38. The van der Waals surface area contributed by atoms with Crippen molar-refractivity contribution in [3.05, 3.63) is 35.9 Å². The van der Waals surface area contributed by atoms with Crippen molar-refractivity contribution in [2.24, 2.45) is 28.9 Å². The zero-order chi connectivity index (χ0) is 48.4. The summed E-state index contributed by atoms with van der Waals surface area (Å²) in [6.45, 7) is 5.48. The molecule has 0 aliphatic rings. The predicted molar refractivity (Wildman–Crippen MR) is 235 cm³/mol. The summed E-state index contributed by atoms with van der Waals surface area (Å²) in [6.07, 6.45) is -2.20. The lowest BCUT2D eigenvalue weighted by atomic mass is 10.0. The number of carbonyl (C=O) groups excluding carboxylic acids is 9. The van der Waals surface area contributed by atoms with Gasteiger partial charge in [-0.3, -0.25) is 38.4 Å². The van der Waals surface area contributed by atoms with Crippen molar-refractivity contribution in [1.82, 2.24) is 42.5 Å². The molecule has 360 valence electrons. The highest BCUT2D eigenvalue weighted by atomic mass is 16.3. The maximum atomic E-state index is 14.0. The molecule has 0 saturated heterocycles. The number of carbonyl (C=O) groups is 9. The van der Waals surface area contributed by atoms with Crippen LogP contribution in [0.15, 0.2) is 30.3 Å². The van der Waals surface area contributed by atoms with Gasteiger partial charge in [-0.1, -0.05) is 44.2 Å². The quantitative estimate of drug-likeness (QED) is 0.0309. The Morgan fingerprint density at radius 2 is 1.03 bits per heavy atom. The highest BCUT2D eigenvalue weighted by molar-refractivity contribution is 5.97. The van der Waals surface area contributed by atoms with Crippen molar-refractivity contribution < 1.29 is 53.4 Å². The molecular formula is C41H70N12O11. The van der Waals surface area contributed by atoms with Gasteiger partial charge in [0.25, 0.3) is 0 Å². The number of aliphatic hydroxyl groups excluding tert-OH is 2. The van der Waals surface area contributed by atoms with E-state index in [9.17, 15) is 53.4 Å². The van der Waals surface area contributed by atoms with Gasteiger partial charge in [0.1, 0.15) is 48.6 Å². The standard InChI is InChI=1S/C41H70N12O11/c1-23(2)10-11-32(57)48-27(12-16-42)39(62)53-34(25(4)56)41(64)51-29(14-18-44)36(59)50-30(15-19-46-40(63)33(45)24(3)55)38(61)49-28(13-17-43)37(60)52-31(35(58)47-20-21-54)22-26-8-6-5-7-9-26/h5-9,21,23-25,27-31,33-34,55-56H,10-20,22,42-45H2,1-4H3,(H,46,63)(H,47,58)(H,48,57)(H,49,61)(H,50,59)(H,51,64)(H,52,60)(H,53,62)/t24-,25-,27+,28+,29+,30+,31-,33+,34+/m1/s1. The Morgan fingerprint density at radius 1 is 0.562 bits per heavy atom. The highest BCUT2D eigenvalue weighted by Gasteiger charge is 2.35. The molecule has 0 aromatic heterocycles. The Kier molecular flexibility index (Phi) is 26.9. The second-order valence-electron chi connectivity index (χ2n) is 15.7. The van der Waals surface area contributed by atoms with Crippen LogP contribution in [0.5, 0.6) is 0 Å². The molecule has 0 unspecified atom stereocenters. The van der Waals surface area contributed by atoms with E-state index in [2.05, 4.69) is 42.5 Å². The van der Waals surface area contributed by atoms with Crippen LogP contribution in [0.4, 0.5) is 0 Å². The molecule has 64 heavy (non-hydrogen) atoms. The van der Waals surface area contributed by atoms with Crippen LogP contribution in [0.3, 0.4) is 0 Å². The zero-order valence-electron chi connectivity index (χ0n) is 37.1. The smallest absolute Gasteiger partial charge is 0.245 e. The van der Waals surface area contributed by atoms with E-state index >= 15 is 0 Å². The van der Waals surface area contributed by atoms with Gasteiger partial charge in [0, 0.05) is 19.4 Å². The maximum absolute atomic E-state index is 14.0. The molecule has 0 spiro atoms. The van der Waals surface area contributed by atoms with Gasteiger partial charge in [-0.05, 0) is 77.1 Å². The fourth-order valence-corrected chi connectivity index (χ4v) is 6.00. The molecule has 0 bridgehead atoms. The van der Waals surface area contributed by atoms with Crippen LogP contribution < -0.4 is 65.5 Å². The first kappa shape index (κ1) is 56.4. The summed E-state index contributed by atoms with van der Waals surface area (Å²) in [7, 11) is 0. The van der Waals surface area contributed by atoms with E-state index in [0.29, 0.717) is 18.3 Å². The SMILES string of the molecule is CC(C)CCC(=O)N[C@@H](CCN)C(=O)N[C@H](C(=O)N[C@@H](CCN)C(=O)N[C@@H](CCNC(=O)[C@@H](N)[C@@H](C)O)C(=O)N[C@@H](CCN)C(=O)N[C@H](Cc1ccccc1)C(=O)NCC=O)[C@@H](C)O. The molecule has 0 radical (unpaired) electrons. The molecule has 1 aromatic carbocycles. The van der Waals surface area contributed by atoms with Crippen molar-refractivity contribution in [3.63, 3.8) is 0 Å². The number of amides is 8. The van der Waals surface area contributed by atoms with Gasteiger partial charge < -0.3 is 80.5 Å². The molecule has 9 atom stereocenters. The van der Waals surface area contributed by atoms with E-state index in [1.165, 1.54) is 13.8 Å². The normalized spacial score (nSPS) is 15.3. The summed E-state index contributed by atoms with van der Waals surface area (Å²) in [5.74, 6) is -6.22. The van der Waals surface area contributed by atoms with Gasteiger partial charge in [-0.2, -0.15) is 0 Å². The molecule has 0 heterocycles. The number of nitrogens with one attached hydrogen (secondary N) is 8. The van der Waals surface area contributed by atoms with E-state index < -0.39 is 102 Å². The summed E-state index contributed by atoms with van der Waals surface area (Å²) < 4.78 is 0. The first-order chi connectivity index (χ1) is 30.3. The van der Waals surface area contributed by atoms with E-state index in [0.717, 1.165) is 0 Å². The van der Waals surface area contributed by atoms with Gasteiger partial charge >= 0.3 is 0 Å². The minimum atomic E-state index is -1.64. The lowest BCUT2D eigenvalue weighted by molar-refractivity contribution is -0.137. The molecule has 8 amide bonds. The van der Waals surface area contributed by atoms with Crippen LogP contribution in [0.1, 0.15) is 71.8 Å². The van der Waals surface area contributed by atoms with Crippen molar-refractivity contribution in [2.75, 3.05) is 32.7 Å². The third-order valence-corrected chi connectivity index (χ3v) is 9.76. The van der Waals surface area contributed by atoms with Gasteiger partial charge in [-0.15, -0.1) is 0 Å². The van der Waals surface area contributed by atoms with E-state index in [-0.39, 0.29) is 77.2 Å². The van der Waals surface area contributed by atoms with Crippen LogP contribution >= 0.6 is 0 Å². The van der Waals surface area contributed by atoms with E-state index in [4.69, 9.17) is 22.9 Å². The molecule has 0 fully saturated rings. The van der Waals surface area contributed by atoms with Crippen LogP contribution in [0, 0.1) is 5.92 Å². The van der Waals surface area contributed by atoms with E-state index in [1.54, 1.807) is 30.3 Å². The summed E-state index contributed by atoms with van der Waals surface area (Å²) in [5.41, 5.74) is 23.7. The monoisotopic (exact) mass is 907 g/mol. The van der Waals surface area contributed by atoms with Crippen molar-refractivity contribution in [3.8, 4) is 0 Å². The second kappa shape index (κ2) is 30.5. The Morgan fingerprint density at radius 3 is 1.50 bits per heavy atom. The number of aldehydes is 1. The summed E-state index contributed by atoms with van der Waals surface area (Å²) in [4.78, 5) is 117. The summed E-state index contributed by atoms with van der Waals surface area (Å²) >= 11 is 0. The van der Waals surface area contributed by atoms with Crippen molar-refractivity contribution in [1.29, 1.82) is 0 Å². The van der Waals surface area contributed by atoms with Gasteiger partial charge in [-0.25, -0.2) is 0 Å². The molecule has 0 aliphatic heterocycles. The molecule has 23 nitrogen and oxygen atoms in total. The van der Waals surface area contributed by atoms with Crippen LogP contribution in [-0.2, 0) is 49.6 Å². The van der Waals surface area contributed by atoms with Gasteiger partial charge in [0.05, 0.1) is 18.8 Å². The number of rotatable bonds is 31. The lowest BCUT2D eigenvalue weighted by Crippen LogP contribution is -2.61. The Labute approximate surface area is 373 Å². The Bertz CT molecular complexity index is 1670. The molecular weight excluding hydrogens is 837 g/mol. The first-order valence-electron chi connectivity index (χ1n) is 21.4. The average Bonchev–Trinajstić information content (AvgIpc) is 3.25. The number of hydrogen-bond acceptors (Lipinski definition) is 15. The van der Waals surface area contributed by atoms with Crippen LogP contribution in [-0.4, -0.2) is 151 Å². The van der Waals surface area contributed by atoms with Crippen molar-refractivity contribution in [2.45, 2.75) is 127 Å². The topological polar surface area (TPSA) is 394 Å². The van der Waals surface area contributed by atoms with Gasteiger partial charge in [0.2, 0.25) is 47.3 Å². The zero-order valence-corrected chi connectivity index (χ0v) is 37.1. The first-order valence-corrected chi connectivity index (χ1v) is 21.4. The number of benzene rings is 1. The van der Waals surface area contributed by atoms with Crippen molar-refractivity contribution >= 4 is 53.5 Å². The highest BCUT2D eigenvalue weighted by Crippen LogP contribution is 2.08. The lowest BCUT2D eigenvalue weighted by Gasteiger charge is -2.28. The molecule has 0 aliphatic carbocycles. The maximum Gasteiger partial charge on any atom is 0.245 e. The van der Waals surface area contributed by atoms with Crippen LogP contribution in [0.2, 0.25) is 0 Å². The average molecular weight is 907 g/mol. The Hall–Kier alpha value is -5.59. The number of hydrogen-bond donors (Lipinski definition) is 14. The fraction of sp³-hybridized carbons (Fsp3) is 0.634. The minimum Gasteiger partial charge on any atom is -0.391 e. The summed E-state index contributed by atoms with van der Waals surface area (Å²) in [5, 5.41) is 40.2. The second-order valence-corrected chi connectivity index (χ2v) is 15.7.